The Morgan fingerprint density at radius 1 is 0.870 bits per heavy atom. The second-order valence-corrected chi connectivity index (χ2v) is 7.88. The van der Waals surface area contributed by atoms with Gasteiger partial charge in [0.1, 0.15) is 0 Å². The van der Waals surface area contributed by atoms with Crippen LogP contribution in [0.1, 0.15) is 18.5 Å². The average molecular weight is 390 g/mol. The SMILES string of the molecule is C[C@H](NS(=O)(=O)c1ccc(Br)c2ccccc12)c1ccccc1. The molecule has 0 heterocycles. The summed E-state index contributed by atoms with van der Waals surface area (Å²) in [5.74, 6) is 0. The van der Waals surface area contributed by atoms with Gasteiger partial charge in [0.2, 0.25) is 10.0 Å². The summed E-state index contributed by atoms with van der Waals surface area (Å²) in [6, 6.07) is 20.1. The molecule has 0 bridgehead atoms. The zero-order chi connectivity index (χ0) is 16.4. The van der Waals surface area contributed by atoms with Gasteiger partial charge in [-0.25, -0.2) is 13.1 Å². The molecule has 0 aromatic heterocycles. The van der Waals surface area contributed by atoms with Crippen LogP contribution in [0.5, 0.6) is 0 Å². The molecule has 0 radical (unpaired) electrons. The normalized spacial score (nSPS) is 13.1. The maximum Gasteiger partial charge on any atom is 0.241 e. The van der Waals surface area contributed by atoms with Gasteiger partial charge in [0, 0.05) is 15.9 Å². The molecule has 118 valence electrons. The molecule has 5 heteroatoms. The van der Waals surface area contributed by atoms with Gasteiger partial charge in [0.25, 0.3) is 0 Å². The third kappa shape index (κ3) is 3.32. The van der Waals surface area contributed by atoms with Crippen molar-refractivity contribution in [2.45, 2.75) is 17.9 Å². The molecular formula is C18H16BrNO2S. The maximum atomic E-state index is 12.8. The highest BCUT2D eigenvalue weighted by atomic mass is 79.9. The summed E-state index contributed by atoms with van der Waals surface area (Å²) in [6.07, 6.45) is 0. The van der Waals surface area contributed by atoms with Crippen molar-refractivity contribution in [3.63, 3.8) is 0 Å². The number of sulfonamides is 1. The summed E-state index contributed by atoms with van der Waals surface area (Å²) in [5.41, 5.74) is 0.928. The van der Waals surface area contributed by atoms with Crippen LogP contribution < -0.4 is 4.72 Å². The molecule has 0 aliphatic carbocycles. The quantitative estimate of drug-likeness (QED) is 0.706. The van der Waals surface area contributed by atoms with Crippen LogP contribution in [-0.2, 0) is 10.0 Å². The van der Waals surface area contributed by atoms with Gasteiger partial charge in [-0.05, 0) is 30.0 Å². The summed E-state index contributed by atoms with van der Waals surface area (Å²) in [4.78, 5) is 0.291. The molecule has 0 aliphatic heterocycles. The van der Waals surface area contributed by atoms with Crippen molar-refractivity contribution in [1.29, 1.82) is 0 Å². The molecule has 0 fully saturated rings. The van der Waals surface area contributed by atoms with Gasteiger partial charge in [-0.3, -0.25) is 0 Å². The average Bonchev–Trinajstić information content (AvgIpc) is 2.55. The fraction of sp³-hybridized carbons (Fsp3) is 0.111. The van der Waals surface area contributed by atoms with Crippen molar-refractivity contribution < 1.29 is 8.42 Å². The Morgan fingerprint density at radius 2 is 1.48 bits per heavy atom. The number of nitrogens with one attached hydrogen (secondary N) is 1. The Kier molecular flexibility index (Phi) is 4.53. The minimum absolute atomic E-state index is 0.291. The molecule has 3 aromatic rings. The Bertz CT molecular complexity index is 940. The minimum Gasteiger partial charge on any atom is -0.207 e. The highest BCUT2D eigenvalue weighted by Gasteiger charge is 2.21. The Labute approximate surface area is 144 Å². The number of hydrogen-bond donors (Lipinski definition) is 1. The standard InChI is InChI=1S/C18H16BrNO2S/c1-13(14-7-3-2-4-8-14)20-23(21,22)18-12-11-17(19)15-9-5-6-10-16(15)18/h2-13,20H,1H3/t13-/m0/s1. The van der Waals surface area contributed by atoms with Crippen molar-refractivity contribution in [1.82, 2.24) is 4.72 Å². The van der Waals surface area contributed by atoms with Crippen LogP contribution in [0.4, 0.5) is 0 Å². The number of rotatable bonds is 4. The number of halogens is 1. The van der Waals surface area contributed by atoms with E-state index < -0.39 is 10.0 Å². The van der Waals surface area contributed by atoms with Crippen LogP contribution in [0.15, 0.2) is 76.1 Å². The van der Waals surface area contributed by atoms with Crippen LogP contribution in [0.25, 0.3) is 10.8 Å². The predicted molar refractivity (Wildman–Crippen MR) is 96.8 cm³/mol. The Hall–Kier alpha value is -1.69. The van der Waals surface area contributed by atoms with Crippen molar-refractivity contribution in [2.24, 2.45) is 0 Å². The van der Waals surface area contributed by atoms with Gasteiger partial charge in [-0.15, -0.1) is 0 Å². The highest BCUT2D eigenvalue weighted by molar-refractivity contribution is 9.10. The summed E-state index contributed by atoms with van der Waals surface area (Å²) in [7, 11) is -3.62. The molecule has 0 aliphatic rings. The van der Waals surface area contributed by atoms with E-state index >= 15 is 0 Å². The molecule has 0 saturated heterocycles. The van der Waals surface area contributed by atoms with E-state index in [1.807, 2.05) is 61.5 Å². The maximum absolute atomic E-state index is 12.8. The third-order valence-corrected chi connectivity index (χ3v) is 6.04. The lowest BCUT2D eigenvalue weighted by Gasteiger charge is -2.16. The van der Waals surface area contributed by atoms with E-state index in [2.05, 4.69) is 20.7 Å². The van der Waals surface area contributed by atoms with Crippen LogP contribution in [0.3, 0.4) is 0 Å². The summed E-state index contributed by atoms with van der Waals surface area (Å²) in [6.45, 7) is 1.84. The van der Waals surface area contributed by atoms with E-state index in [9.17, 15) is 8.42 Å². The van der Waals surface area contributed by atoms with Crippen molar-refractivity contribution >= 4 is 36.7 Å². The van der Waals surface area contributed by atoms with Crippen LogP contribution in [0.2, 0.25) is 0 Å². The molecule has 3 nitrogen and oxygen atoms in total. The number of hydrogen-bond acceptors (Lipinski definition) is 2. The number of benzene rings is 3. The Balaban J connectivity index is 2.02. The molecule has 0 amide bonds. The van der Waals surface area contributed by atoms with Gasteiger partial charge in [0.05, 0.1) is 4.90 Å². The van der Waals surface area contributed by atoms with Crippen molar-refractivity contribution in [2.75, 3.05) is 0 Å². The van der Waals surface area contributed by atoms with Gasteiger partial charge in [-0.1, -0.05) is 70.5 Å². The predicted octanol–water partition coefficient (Wildman–Crippen LogP) is 4.64. The molecule has 3 aromatic carbocycles. The first kappa shape index (κ1) is 16.2. The Morgan fingerprint density at radius 3 is 2.17 bits per heavy atom. The zero-order valence-electron chi connectivity index (χ0n) is 12.5. The molecule has 1 atom stereocenters. The second kappa shape index (κ2) is 6.43. The number of fused-ring (bicyclic) bond motifs is 1. The summed E-state index contributed by atoms with van der Waals surface area (Å²) < 4.78 is 29.3. The first-order valence-electron chi connectivity index (χ1n) is 7.23. The van der Waals surface area contributed by atoms with E-state index in [4.69, 9.17) is 0 Å². The van der Waals surface area contributed by atoms with Gasteiger partial charge in [0.15, 0.2) is 0 Å². The lowest BCUT2D eigenvalue weighted by atomic mass is 10.1. The van der Waals surface area contributed by atoms with Crippen molar-refractivity contribution in [3.8, 4) is 0 Å². The summed E-state index contributed by atoms with van der Waals surface area (Å²) >= 11 is 3.47. The summed E-state index contributed by atoms with van der Waals surface area (Å²) in [5, 5.41) is 1.58. The first-order valence-corrected chi connectivity index (χ1v) is 9.51. The van der Waals surface area contributed by atoms with Crippen LogP contribution in [0, 0.1) is 0 Å². The third-order valence-electron chi connectivity index (χ3n) is 3.75. The van der Waals surface area contributed by atoms with Crippen molar-refractivity contribution in [3.05, 3.63) is 76.8 Å². The smallest absolute Gasteiger partial charge is 0.207 e. The largest absolute Gasteiger partial charge is 0.241 e. The fourth-order valence-corrected chi connectivity index (χ4v) is 4.50. The monoisotopic (exact) mass is 389 g/mol. The zero-order valence-corrected chi connectivity index (χ0v) is 14.9. The van der Waals surface area contributed by atoms with E-state index in [0.29, 0.717) is 10.3 Å². The van der Waals surface area contributed by atoms with Gasteiger partial charge in [-0.2, -0.15) is 0 Å². The topological polar surface area (TPSA) is 46.2 Å². The molecule has 3 rings (SSSR count). The molecule has 0 saturated carbocycles. The van der Waals surface area contributed by atoms with Crippen LogP contribution >= 0.6 is 15.9 Å². The molecule has 0 unspecified atom stereocenters. The van der Waals surface area contributed by atoms with E-state index in [1.54, 1.807) is 12.1 Å². The molecule has 23 heavy (non-hydrogen) atoms. The van der Waals surface area contributed by atoms with Crippen LogP contribution in [-0.4, -0.2) is 8.42 Å². The molecule has 1 N–H and O–H groups in total. The second-order valence-electron chi connectivity index (χ2n) is 5.34. The minimum atomic E-state index is -3.62. The lowest BCUT2D eigenvalue weighted by molar-refractivity contribution is 0.568. The molecular weight excluding hydrogens is 374 g/mol. The van der Waals surface area contributed by atoms with E-state index in [0.717, 1.165) is 15.4 Å². The highest BCUT2D eigenvalue weighted by Crippen LogP contribution is 2.30. The lowest BCUT2D eigenvalue weighted by Crippen LogP contribution is -2.27. The fourth-order valence-electron chi connectivity index (χ4n) is 2.57. The van der Waals surface area contributed by atoms with E-state index in [-0.39, 0.29) is 6.04 Å². The van der Waals surface area contributed by atoms with Gasteiger partial charge >= 0.3 is 0 Å². The van der Waals surface area contributed by atoms with E-state index in [1.165, 1.54) is 0 Å². The molecule has 0 spiro atoms. The first-order chi connectivity index (χ1) is 11.0. The van der Waals surface area contributed by atoms with Gasteiger partial charge < -0.3 is 0 Å².